The van der Waals surface area contributed by atoms with Crippen LogP contribution in [0, 0.1) is 5.92 Å². The van der Waals surface area contributed by atoms with Gasteiger partial charge in [0, 0.05) is 54.2 Å². The van der Waals surface area contributed by atoms with E-state index in [1.165, 1.54) is 0 Å². The molecule has 0 aromatic heterocycles. The van der Waals surface area contributed by atoms with Crippen molar-refractivity contribution in [1.29, 1.82) is 0 Å². The number of hydrogen-bond donors (Lipinski definition) is 2. The zero-order chi connectivity index (χ0) is 18.6. The summed E-state index contributed by atoms with van der Waals surface area (Å²) in [4.78, 5) is 0. The van der Waals surface area contributed by atoms with E-state index in [2.05, 4.69) is 0 Å². The highest BCUT2D eigenvalue weighted by atomic mass is 28.4. The third-order valence-electron chi connectivity index (χ3n) is 4.65. The molecule has 0 heterocycles. The third-order valence-corrected chi connectivity index (χ3v) is 10.9. The van der Waals surface area contributed by atoms with E-state index in [9.17, 15) is 0 Å². The summed E-state index contributed by atoms with van der Waals surface area (Å²) in [5.41, 5.74) is 11.9. The van der Waals surface area contributed by atoms with E-state index in [1.54, 1.807) is 42.7 Å². The summed E-state index contributed by atoms with van der Waals surface area (Å²) in [6, 6.07) is 0.726. The van der Waals surface area contributed by atoms with Crippen LogP contribution in [0.1, 0.15) is 19.3 Å². The minimum atomic E-state index is -2.82. The molecule has 24 heavy (non-hydrogen) atoms. The molecule has 0 aromatic carbocycles. The molecule has 0 aromatic rings. The van der Waals surface area contributed by atoms with Crippen LogP contribution in [0.3, 0.4) is 0 Å². The summed E-state index contributed by atoms with van der Waals surface area (Å²) < 4.78 is 33.4. The highest BCUT2D eigenvalue weighted by Gasteiger charge is 2.50. The molecule has 2 atom stereocenters. The van der Waals surface area contributed by atoms with Crippen molar-refractivity contribution < 1.29 is 26.6 Å². The molecule has 146 valence electrons. The van der Waals surface area contributed by atoms with Crippen molar-refractivity contribution in [3.63, 3.8) is 0 Å². The first-order valence-corrected chi connectivity index (χ1v) is 11.9. The molecule has 2 unspecified atom stereocenters. The Balaban J connectivity index is 5.04. The molecular weight excluding hydrogens is 348 g/mol. The maximum atomic E-state index is 6.04. The molecular formula is C14H36N2O6Si2. The molecule has 0 amide bonds. The van der Waals surface area contributed by atoms with Gasteiger partial charge in [0.1, 0.15) is 0 Å². The predicted octanol–water partition coefficient (Wildman–Crippen LogP) is 0.817. The molecule has 4 N–H and O–H groups in total. The summed E-state index contributed by atoms with van der Waals surface area (Å²) >= 11 is 0. The van der Waals surface area contributed by atoms with Gasteiger partial charge in [-0.05, 0) is 38.3 Å². The summed E-state index contributed by atoms with van der Waals surface area (Å²) in [6.07, 6.45) is 2.48. The van der Waals surface area contributed by atoms with E-state index in [4.69, 9.17) is 38.0 Å². The number of rotatable bonds is 15. The summed E-state index contributed by atoms with van der Waals surface area (Å²) in [7, 11) is 4.34. The Morgan fingerprint density at radius 3 is 1.58 bits per heavy atom. The first-order valence-electron chi connectivity index (χ1n) is 8.19. The molecule has 10 heteroatoms. The molecule has 0 saturated heterocycles. The molecule has 0 radical (unpaired) electrons. The van der Waals surface area contributed by atoms with Gasteiger partial charge in [0.25, 0.3) is 0 Å². The number of hydrogen-bond acceptors (Lipinski definition) is 8. The first-order chi connectivity index (χ1) is 11.5. The Hall–Kier alpha value is 0.114. The van der Waals surface area contributed by atoms with Gasteiger partial charge in [-0.1, -0.05) is 0 Å². The van der Waals surface area contributed by atoms with Crippen LogP contribution in [0.2, 0.25) is 11.6 Å². The van der Waals surface area contributed by atoms with Crippen molar-refractivity contribution in [3.8, 4) is 0 Å². The maximum absolute atomic E-state index is 6.04. The normalized spacial score (nSPS) is 15.5. The lowest BCUT2D eigenvalue weighted by Gasteiger charge is -2.37. The van der Waals surface area contributed by atoms with Gasteiger partial charge in [0.05, 0.1) is 0 Å². The minimum Gasteiger partial charge on any atom is -0.377 e. The predicted molar refractivity (Wildman–Crippen MR) is 97.6 cm³/mol. The fourth-order valence-corrected chi connectivity index (χ4v) is 7.76. The quantitative estimate of drug-likeness (QED) is 0.400. The Morgan fingerprint density at radius 2 is 1.25 bits per heavy atom. The summed E-state index contributed by atoms with van der Waals surface area (Å²) in [5.74, 6) is 0.178. The minimum absolute atomic E-state index is 0.0520. The second-order valence-electron chi connectivity index (χ2n) is 5.58. The average molecular weight is 385 g/mol. The second kappa shape index (κ2) is 12.5. The number of nitrogens with two attached hydrogens (primary N) is 2. The van der Waals surface area contributed by atoms with E-state index in [0.717, 1.165) is 25.3 Å². The zero-order valence-electron chi connectivity index (χ0n) is 16.0. The molecule has 8 nitrogen and oxygen atoms in total. The van der Waals surface area contributed by atoms with Crippen molar-refractivity contribution in [2.75, 3.05) is 55.7 Å². The zero-order valence-corrected chi connectivity index (χ0v) is 18.0. The Labute approximate surface area is 148 Å². The van der Waals surface area contributed by atoms with Crippen molar-refractivity contribution in [1.82, 2.24) is 0 Å². The van der Waals surface area contributed by atoms with Crippen LogP contribution in [-0.4, -0.2) is 73.4 Å². The fraction of sp³-hybridized carbons (Fsp3) is 1.00. The van der Waals surface area contributed by atoms with Gasteiger partial charge in [-0.15, -0.1) is 0 Å². The Kier molecular flexibility index (Phi) is 12.5. The fourth-order valence-electron chi connectivity index (χ4n) is 3.21. The molecule has 0 fully saturated rings. The largest absolute Gasteiger partial charge is 0.503 e. The molecule has 0 aliphatic rings. The van der Waals surface area contributed by atoms with Crippen LogP contribution < -0.4 is 11.5 Å². The summed E-state index contributed by atoms with van der Waals surface area (Å²) in [5, 5.41) is 0. The standard InChI is InChI=1S/C14H36N2O6Si2/c1-17-23(18-2,19-3)11-7-8-13(12-16)14(9-10-15)24(20-4,21-5)22-6/h13-14H,7-12,15-16H2,1-6H3. The van der Waals surface area contributed by atoms with Crippen LogP contribution in [-0.2, 0) is 26.6 Å². The molecule has 0 saturated carbocycles. The van der Waals surface area contributed by atoms with E-state index in [0.29, 0.717) is 13.1 Å². The highest BCUT2D eigenvalue weighted by molar-refractivity contribution is 6.62. The molecule has 0 rings (SSSR count). The van der Waals surface area contributed by atoms with Crippen molar-refractivity contribution in [2.45, 2.75) is 30.8 Å². The smallest absolute Gasteiger partial charge is 0.377 e. The topological polar surface area (TPSA) is 107 Å². The van der Waals surface area contributed by atoms with Crippen molar-refractivity contribution in [3.05, 3.63) is 0 Å². The molecule has 0 aliphatic carbocycles. The van der Waals surface area contributed by atoms with Crippen LogP contribution >= 0.6 is 0 Å². The van der Waals surface area contributed by atoms with Gasteiger partial charge < -0.3 is 38.0 Å². The molecule has 0 aliphatic heterocycles. The maximum Gasteiger partial charge on any atom is 0.503 e. The lowest BCUT2D eigenvalue weighted by Crippen LogP contribution is -2.51. The Bertz CT molecular complexity index is 303. The van der Waals surface area contributed by atoms with Crippen LogP contribution in [0.4, 0.5) is 0 Å². The van der Waals surface area contributed by atoms with Gasteiger partial charge in [-0.2, -0.15) is 0 Å². The van der Waals surface area contributed by atoms with E-state index < -0.39 is 17.6 Å². The first kappa shape index (κ1) is 24.1. The van der Waals surface area contributed by atoms with Crippen molar-refractivity contribution >= 4 is 17.6 Å². The van der Waals surface area contributed by atoms with Gasteiger partial charge in [0.2, 0.25) is 0 Å². The second-order valence-corrected chi connectivity index (χ2v) is 11.8. The molecule has 0 spiro atoms. The van der Waals surface area contributed by atoms with E-state index in [1.807, 2.05) is 0 Å². The summed E-state index contributed by atoms with van der Waals surface area (Å²) in [6.45, 7) is 1.04. The van der Waals surface area contributed by atoms with Crippen LogP contribution in [0.25, 0.3) is 0 Å². The van der Waals surface area contributed by atoms with E-state index in [-0.39, 0.29) is 11.5 Å². The van der Waals surface area contributed by atoms with Gasteiger partial charge >= 0.3 is 17.6 Å². The molecule has 0 bridgehead atoms. The monoisotopic (exact) mass is 384 g/mol. The lowest BCUT2D eigenvalue weighted by molar-refractivity contribution is 0.0981. The lowest BCUT2D eigenvalue weighted by atomic mass is 9.97. The SMILES string of the molecule is CO[Si](CCCC(CN)C(CCN)[Si](OC)(OC)OC)(OC)OC. The Morgan fingerprint density at radius 1 is 0.750 bits per heavy atom. The van der Waals surface area contributed by atoms with Crippen LogP contribution in [0.5, 0.6) is 0 Å². The average Bonchev–Trinajstić information content (AvgIpc) is 2.64. The third kappa shape index (κ3) is 6.13. The van der Waals surface area contributed by atoms with Gasteiger partial charge in [-0.3, -0.25) is 0 Å². The van der Waals surface area contributed by atoms with Gasteiger partial charge in [0.15, 0.2) is 0 Å². The van der Waals surface area contributed by atoms with Crippen LogP contribution in [0.15, 0.2) is 0 Å². The highest BCUT2D eigenvalue weighted by Crippen LogP contribution is 2.37. The van der Waals surface area contributed by atoms with E-state index >= 15 is 0 Å². The van der Waals surface area contributed by atoms with Gasteiger partial charge in [-0.25, -0.2) is 0 Å². The van der Waals surface area contributed by atoms with Crippen molar-refractivity contribution in [2.24, 2.45) is 17.4 Å².